The highest BCUT2D eigenvalue weighted by molar-refractivity contribution is 5.76. The third kappa shape index (κ3) is 12.0. The average molecular weight is 425 g/mol. The van der Waals surface area contributed by atoms with Crippen molar-refractivity contribution in [2.75, 3.05) is 13.2 Å². The predicted molar refractivity (Wildman–Crippen MR) is 123 cm³/mol. The Labute approximate surface area is 185 Å². The van der Waals surface area contributed by atoms with Gasteiger partial charge in [-0.05, 0) is 43.9 Å². The molecule has 1 fully saturated rings. The summed E-state index contributed by atoms with van der Waals surface area (Å²) < 4.78 is 11.2. The Bertz CT molecular complexity index is 460. The largest absolute Gasteiger partial charge is 0.465 e. The lowest BCUT2D eigenvalue weighted by Crippen LogP contribution is -2.30. The minimum absolute atomic E-state index is 0.108. The molecule has 1 aliphatic rings. The van der Waals surface area contributed by atoms with E-state index in [0.29, 0.717) is 25.6 Å². The van der Waals surface area contributed by atoms with E-state index in [-0.39, 0.29) is 23.8 Å². The Morgan fingerprint density at radius 1 is 0.833 bits per heavy atom. The summed E-state index contributed by atoms with van der Waals surface area (Å²) in [7, 11) is 0. The summed E-state index contributed by atoms with van der Waals surface area (Å²) >= 11 is 0. The van der Waals surface area contributed by atoms with Gasteiger partial charge in [-0.15, -0.1) is 0 Å². The SMILES string of the molecule is CCCCC(CC)COC(=O)C1CCCC(C(=O)OCCCCCCCC(C)C)C1. The van der Waals surface area contributed by atoms with Gasteiger partial charge in [-0.3, -0.25) is 9.59 Å². The number of rotatable bonds is 16. The summed E-state index contributed by atoms with van der Waals surface area (Å²) in [6, 6.07) is 0. The molecule has 0 bridgehead atoms. The maximum absolute atomic E-state index is 12.5. The van der Waals surface area contributed by atoms with Gasteiger partial charge in [0.25, 0.3) is 0 Å². The fourth-order valence-corrected chi connectivity index (χ4v) is 4.31. The van der Waals surface area contributed by atoms with Gasteiger partial charge in [0.1, 0.15) is 0 Å². The molecule has 0 spiro atoms. The lowest BCUT2D eigenvalue weighted by molar-refractivity contribution is -0.156. The van der Waals surface area contributed by atoms with Gasteiger partial charge in [-0.2, -0.15) is 0 Å². The van der Waals surface area contributed by atoms with Crippen LogP contribution in [0.3, 0.4) is 0 Å². The average Bonchev–Trinajstić information content (AvgIpc) is 2.75. The van der Waals surface area contributed by atoms with E-state index in [1.54, 1.807) is 0 Å². The first kappa shape index (κ1) is 27.0. The molecule has 176 valence electrons. The van der Waals surface area contributed by atoms with Crippen molar-refractivity contribution in [3.8, 4) is 0 Å². The lowest BCUT2D eigenvalue weighted by Gasteiger charge is -2.27. The van der Waals surface area contributed by atoms with Crippen LogP contribution >= 0.6 is 0 Å². The van der Waals surface area contributed by atoms with E-state index in [1.807, 2.05) is 0 Å². The second kappa shape index (κ2) is 16.6. The Morgan fingerprint density at radius 2 is 1.47 bits per heavy atom. The Morgan fingerprint density at radius 3 is 2.10 bits per heavy atom. The summed E-state index contributed by atoms with van der Waals surface area (Å²) in [5.74, 6) is 0.760. The topological polar surface area (TPSA) is 52.6 Å². The van der Waals surface area contributed by atoms with Gasteiger partial charge in [-0.25, -0.2) is 0 Å². The molecule has 0 saturated heterocycles. The molecule has 30 heavy (non-hydrogen) atoms. The van der Waals surface area contributed by atoms with E-state index in [2.05, 4.69) is 27.7 Å². The van der Waals surface area contributed by atoms with Crippen LogP contribution in [-0.2, 0) is 19.1 Å². The molecule has 4 nitrogen and oxygen atoms in total. The van der Waals surface area contributed by atoms with Gasteiger partial charge in [0.15, 0.2) is 0 Å². The van der Waals surface area contributed by atoms with Gasteiger partial charge in [0, 0.05) is 0 Å². The van der Waals surface area contributed by atoms with E-state index in [0.717, 1.165) is 50.9 Å². The Kier molecular flexibility index (Phi) is 14.9. The second-order valence-corrected chi connectivity index (χ2v) is 9.72. The molecular formula is C26H48O4. The monoisotopic (exact) mass is 424 g/mol. The maximum Gasteiger partial charge on any atom is 0.308 e. The molecule has 0 amide bonds. The molecule has 3 atom stereocenters. The first-order valence-electron chi connectivity index (χ1n) is 12.8. The van der Waals surface area contributed by atoms with Crippen molar-refractivity contribution in [1.82, 2.24) is 0 Å². The second-order valence-electron chi connectivity index (χ2n) is 9.72. The zero-order chi connectivity index (χ0) is 22.2. The number of carbonyl (C=O) groups is 2. The van der Waals surface area contributed by atoms with E-state index < -0.39 is 0 Å². The molecule has 0 aromatic rings. The smallest absolute Gasteiger partial charge is 0.308 e. The first-order valence-corrected chi connectivity index (χ1v) is 12.8. The fraction of sp³-hybridized carbons (Fsp3) is 0.923. The van der Waals surface area contributed by atoms with Crippen molar-refractivity contribution in [3.63, 3.8) is 0 Å². The van der Waals surface area contributed by atoms with Crippen LogP contribution in [0, 0.1) is 23.7 Å². The molecule has 0 radical (unpaired) electrons. The summed E-state index contributed by atoms with van der Waals surface area (Å²) in [6.45, 7) is 9.93. The van der Waals surface area contributed by atoms with Crippen molar-refractivity contribution in [2.24, 2.45) is 23.7 Å². The van der Waals surface area contributed by atoms with E-state index >= 15 is 0 Å². The van der Waals surface area contributed by atoms with Gasteiger partial charge in [0.2, 0.25) is 0 Å². The zero-order valence-electron chi connectivity index (χ0n) is 20.3. The van der Waals surface area contributed by atoms with Crippen molar-refractivity contribution >= 4 is 11.9 Å². The number of carbonyl (C=O) groups excluding carboxylic acids is 2. The van der Waals surface area contributed by atoms with Crippen molar-refractivity contribution in [1.29, 1.82) is 0 Å². The number of hydrogen-bond donors (Lipinski definition) is 0. The van der Waals surface area contributed by atoms with E-state index in [4.69, 9.17) is 9.47 Å². The summed E-state index contributed by atoms with van der Waals surface area (Å²) in [6.07, 6.45) is 14.9. The molecular weight excluding hydrogens is 376 g/mol. The Hall–Kier alpha value is -1.06. The standard InChI is InChI=1S/C26H48O4/c1-5-7-15-22(6-2)20-30-26(28)24-17-13-16-23(19-24)25(27)29-18-12-10-8-9-11-14-21(3)4/h21-24H,5-20H2,1-4H3. The highest BCUT2D eigenvalue weighted by atomic mass is 16.5. The minimum Gasteiger partial charge on any atom is -0.465 e. The summed E-state index contributed by atoms with van der Waals surface area (Å²) in [5, 5.41) is 0. The first-order chi connectivity index (χ1) is 14.5. The van der Waals surface area contributed by atoms with Gasteiger partial charge in [0.05, 0.1) is 25.0 Å². The van der Waals surface area contributed by atoms with Crippen LogP contribution in [0.15, 0.2) is 0 Å². The number of esters is 2. The predicted octanol–water partition coefficient (Wildman–Crippen LogP) is 7.09. The van der Waals surface area contributed by atoms with Gasteiger partial charge < -0.3 is 9.47 Å². The van der Waals surface area contributed by atoms with Crippen molar-refractivity contribution in [3.05, 3.63) is 0 Å². The number of hydrogen-bond acceptors (Lipinski definition) is 4. The van der Waals surface area contributed by atoms with Crippen molar-refractivity contribution in [2.45, 2.75) is 118 Å². The number of ether oxygens (including phenoxy) is 2. The molecule has 0 aromatic heterocycles. The molecule has 0 heterocycles. The van der Waals surface area contributed by atoms with E-state index in [1.165, 1.54) is 38.5 Å². The molecule has 3 unspecified atom stereocenters. The summed E-state index contributed by atoms with van der Waals surface area (Å²) in [5.41, 5.74) is 0. The molecule has 4 heteroatoms. The maximum atomic E-state index is 12.5. The molecule has 0 aliphatic heterocycles. The highest BCUT2D eigenvalue weighted by Crippen LogP contribution is 2.31. The highest BCUT2D eigenvalue weighted by Gasteiger charge is 2.33. The van der Waals surface area contributed by atoms with Crippen molar-refractivity contribution < 1.29 is 19.1 Å². The van der Waals surface area contributed by atoms with E-state index in [9.17, 15) is 9.59 Å². The van der Waals surface area contributed by atoms with Crippen LogP contribution in [-0.4, -0.2) is 25.2 Å². The van der Waals surface area contributed by atoms with Gasteiger partial charge in [-0.1, -0.05) is 85.5 Å². The molecule has 1 aliphatic carbocycles. The molecule has 0 aromatic carbocycles. The lowest BCUT2D eigenvalue weighted by atomic mass is 9.81. The zero-order valence-corrected chi connectivity index (χ0v) is 20.3. The molecule has 1 saturated carbocycles. The normalized spacial score (nSPS) is 20.2. The van der Waals surface area contributed by atoms with Crippen LogP contribution in [0.25, 0.3) is 0 Å². The summed E-state index contributed by atoms with van der Waals surface area (Å²) in [4.78, 5) is 24.9. The van der Waals surface area contributed by atoms with Crippen LogP contribution in [0.5, 0.6) is 0 Å². The van der Waals surface area contributed by atoms with Crippen LogP contribution in [0.1, 0.15) is 118 Å². The van der Waals surface area contributed by atoms with Crippen LogP contribution in [0.4, 0.5) is 0 Å². The van der Waals surface area contributed by atoms with Crippen LogP contribution in [0.2, 0.25) is 0 Å². The molecule has 1 rings (SSSR count). The third-order valence-corrected chi connectivity index (χ3v) is 6.52. The quantitative estimate of drug-likeness (QED) is 0.196. The minimum atomic E-state index is -0.138. The van der Waals surface area contributed by atoms with Crippen LogP contribution < -0.4 is 0 Å². The Balaban J connectivity index is 2.21. The number of unbranched alkanes of at least 4 members (excludes halogenated alkanes) is 5. The third-order valence-electron chi connectivity index (χ3n) is 6.52. The van der Waals surface area contributed by atoms with Gasteiger partial charge >= 0.3 is 11.9 Å². The fourth-order valence-electron chi connectivity index (χ4n) is 4.31. The molecule has 0 N–H and O–H groups in total.